The van der Waals surface area contributed by atoms with E-state index in [1.54, 1.807) is 24.3 Å². The number of nitrogens with one attached hydrogen (secondary N) is 4. The van der Waals surface area contributed by atoms with Gasteiger partial charge in [-0.1, -0.05) is 66.2 Å². The van der Waals surface area contributed by atoms with Crippen molar-refractivity contribution in [2.45, 2.75) is 6.54 Å². The molecule has 0 unspecified atom stereocenters. The summed E-state index contributed by atoms with van der Waals surface area (Å²) in [7, 11) is 0. The molecule has 0 aromatic heterocycles. The molecule has 7 heteroatoms. The zero-order valence-corrected chi connectivity index (χ0v) is 17.2. The van der Waals surface area contributed by atoms with Crippen molar-refractivity contribution in [2.75, 3.05) is 11.9 Å². The lowest BCUT2D eigenvalue weighted by molar-refractivity contribution is -0.119. The number of benzene rings is 3. The Hall–Kier alpha value is -3.09. The van der Waals surface area contributed by atoms with Gasteiger partial charge < -0.3 is 10.6 Å². The molecular weight excluding hydrogens is 404 g/mol. The van der Waals surface area contributed by atoms with Crippen LogP contribution in [-0.2, 0) is 11.3 Å². The molecule has 5 nitrogen and oxygen atoms in total. The van der Waals surface area contributed by atoms with Crippen LogP contribution in [0.4, 0.5) is 5.69 Å². The van der Waals surface area contributed by atoms with Crippen LogP contribution in [0.5, 0.6) is 0 Å². The molecular formula is C22H21ClN4OS. The fourth-order valence-corrected chi connectivity index (χ4v) is 2.84. The number of carbonyl (C=O) groups is 1. The van der Waals surface area contributed by atoms with Crippen LogP contribution >= 0.6 is 23.8 Å². The summed E-state index contributed by atoms with van der Waals surface area (Å²) in [6.45, 7) is 0.665. The van der Waals surface area contributed by atoms with Gasteiger partial charge in [0, 0.05) is 17.3 Å². The molecule has 0 bridgehead atoms. The Bertz CT molecular complexity index is 947. The fraction of sp³-hybridized carbons (Fsp3) is 0.0909. The third-order valence-corrected chi connectivity index (χ3v) is 4.63. The maximum Gasteiger partial charge on any atom is 0.257 e. The van der Waals surface area contributed by atoms with Gasteiger partial charge in [0.2, 0.25) is 0 Å². The second-order valence-corrected chi connectivity index (χ2v) is 7.12. The standard InChI is InChI=1S/C22H21ClN4OS/c23-19-10-12-20(13-11-19)24-15-21(28)26-27-22(29)25-14-16-6-8-18(9-7-16)17-4-2-1-3-5-17/h1-13,24H,14-15H2,(H,26,28)(H2,25,27,29). The van der Waals surface area contributed by atoms with Crippen molar-refractivity contribution >= 4 is 40.5 Å². The first-order chi connectivity index (χ1) is 14.1. The van der Waals surface area contributed by atoms with Crippen LogP contribution in [0.1, 0.15) is 5.56 Å². The van der Waals surface area contributed by atoms with E-state index in [1.165, 1.54) is 5.56 Å². The number of rotatable bonds is 6. The highest BCUT2D eigenvalue weighted by molar-refractivity contribution is 7.80. The normalized spacial score (nSPS) is 10.1. The number of hydrogen-bond donors (Lipinski definition) is 4. The Morgan fingerprint density at radius 3 is 2.17 bits per heavy atom. The first-order valence-electron chi connectivity index (χ1n) is 9.06. The molecule has 0 aliphatic carbocycles. The van der Waals surface area contributed by atoms with E-state index in [1.807, 2.05) is 30.3 Å². The van der Waals surface area contributed by atoms with E-state index in [-0.39, 0.29) is 12.5 Å². The molecule has 0 aliphatic rings. The summed E-state index contributed by atoms with van der Waals surface area (Å²) in [5.74, 6) is -0.240. The van der Waals surface area contributed by atoms with Crippen molar-refractivity contribution in [3.63, 3.8) is 0 Å². The Balaban J connectivity index is 1.37. The molecule has 0 heterocycles. The van der Waals surface area contributed by atoms with Crippen molar-refractivity contribution in [1.82, 2.24) is 16.2 Å². The first-order valence-corrected chi connectivity index (χ1v) is 9.85. The van der Waals surface area contributed by atoms with Crippen LogP contribution in [0.25, 0.3) is 11.1 Å². The summed E-state index contributed by atoms with van der Waals surface area (Å²) in [5.41, 5.74) is 9.48. The highest BCUT2D eigenvalue weighted by Crippen LogP contribution is 2.19. The predicted octanol–water partition coefficient (Wildman–Crippen LogP) is 4.11. The Morgan fingerprint density at radius 1 is 0.828 bits per heavy atom. The molecule has 1 amide bonds. The topological polar surface area (TPSA) is 65.2 Å². The highest BCUT2D eigenvalue weighted by Gasteiger charge is 2.03. The number of anilines is 1. The lowest BCUT2D eigenvalue weighted by Gasteiger charge is -2.12. The van der Waals surface area contributed by atoms with Crippen LogP contribution in [0.15, 0.2) is 78.9 Å². The van der Waals surface area contributed by atoms with E-state index in [4.69, 9.17) is 23.8 Å². The Labute approximate surface area is 180 Å². The van der Waals surface area contributed by atoms with Gasteiger partial charge in [-0.2, -0.15) is 0 Å². The minimum absolute atomic E-state index is 0.109. The average Bonchev–Trinajstić information content (AvgIpc) is 2.77. The molecule has 3 rings (SSSR count). The second kappa shape index (κ2) is 10.5. The molecule has 0 radical (unpaired) electrons. The molecule has 0 spiro atoms. The largest absolute Gasteiger partial charge is 0.376 e. The molecule has 0 aliphatic heterocycles. The summed E-state index contributed by atoms with van der Waals surface area (Å²) in [5, 5.41) is 7.05. The van der Waals surface area contributed by atoms with E-state index >= 15 is 0 Å². The number of halogens is 1. The molecule has 4 N–H and O–H groups in total. The van der Waals surface area contributed by atoms with E-state index < -0.39 is 0 Å². The molecule has 0 saturated heterocycles. The van der Waals surface area contributed by atoms with Gasteiger partial charge in [-0.25, -0.2) is 0 Å². The SMILES string of the molecule is O=C(CNc1ccc(Cl)cc1)NNC(=S)NCc1ccc(-c2ccccc2)cc1. The minimum atomic E-state index is -0.240. The van der Waals surface area contributed by atoms with Gasteiger partial charge in [0.15, 0.2) is 5.11 Å². The molecule has 3 aromatic carbocycles. The molecule has 29 heavy (non-hydrogen) atoms. The number of thiocarbonyl (C=S) groups is 1. The first kappa shape index (κ1) is 20.6. The smallest absolute Gasteiger partial charge is 0.257 e. The molecule has 0 atom stereocenters. The van der Waals surface area contributed by atoms with E-state index in [2.05, 4.69) is 45.8 Å². The van der Waals surface area contributed by atoms with Gasteiger partial charge >= 0.3 is 0 Å². The average molecular weight is 425 g/mol. The van der Waals surface area contributed by atoms with E-state index in [0.717, 1.165) is 16.8 Å². The maximum atomic E-state index is 11.9. The van der Waals surface area contributed by atoms with Crippen molar-refractivity contribution < 1.29 is 4.79 Å². The zero-order valence-electron chi connectivity index (χ0n) is 15.6. The van der Waals surface area contributed by atoms with Crippen LogP contribution < -0.4 is 21.5 Å². The predicted molar refractivity (Wildman–Crippen MR) is 123 cm³/mol. The highest BCUT2D eigenvalue weighted by atomic mass is 35.5. The van der Waals surface area contributed by atoms with Gasteiger partial charge in [-0.3, -0.25) is 15.6 Å². The van der Waals surface area contributed by atoms with Gasteiger partial charge in [-0.05, 0) is 53.2 Å². The van der Waals surface area contributed by atoms with Crippen LogP contribution in [0, 0.1) is 0 Å². The van der Waals surface area contributed by atoms with Crippen LogP contribution in [0.2, 0.25) is 5.02 Å². The molecule has 0 saturated carbocycles. The molecule has 3 aromatic rings. The summed E-state index contributed by atoms with van der Waals surface area (Å²) < 4.78 is 0. The number of carbonyl (C=O) groups excluding carboxylic acids is 1. The molecule has 0 fully saturated rings. The fourth-order valence-electron chi connectivity index (χ4n) is 2.59. The van der Waals surface area contributed by atoms with Gasteiger partial charge in [0.25, 0.3) is 5.91 Å². The Morgan fingerprint density at radius 2 is 1.48 bits per heavy atom. The van der Waals surface area contributed by atoms with Gasteiger partial charge in [0.1, 0.15) is 0 Å². The zero-order chi connectivity index (χ0) is 20.5. The van der Waals surface area contributed by atoms with Crippen molar-refractivity contribution in [3.8, 4) is 11.1 Å². The Kier molecular flexibility index (Phi) is 7.44. The molecule has 148 valence electrons. The van der Waals surface area contributed by atoms with E-state index in [0.29, 0.717) is 16.7 Å². The van der Waals surface area contributed by atoms with Crippen LogP contribution in [-0.4, -0.2) is 17.6 Å². The third-order valence-electron chi connectivity index (χ3n) is 4.13. The number of hydrazine groups is 1. The van der Waals surface area contributed by atoms with E-state index in [9.17, 15) is 4.79 Å². The van der Waals surface area contributed by atoms with Crippen molar-refractivity contribution in [3.05, 3.63) is 89.4 Å². The maximum absolute atomic E-state index is 11.9. The summed E-state index contributed by atoms with van der Waals surface area (Å²) in [6, 6.07) is 25.6. The number of hydrogen-bond acceptors (Lipinski definition) is 3. The quantitative estimate of drug-likeness (QED) is 0.354. The number of amides is 1. The summed E-state index contributed by atoms with van der Waals surface area (Å²) in [6.07, 6.45) is 0. The monoisotopic (exact) mass is 424 g/mol. The summed E-state index contributed by atoms with van der Waals surface area (Å²) in [4.78, 5) is 11.9. The van der Waals surface area contributed by atoms with Crippen molar-refractivity contribution in [1.29, 1.82) is 0 Å². The lowest BCUT2D eigenvalue weighted by atomic mass is 10.0. The second-order valence-electron chi connectivity index (χ2n) is 6.28. The minimum Gasteiger partial charge on any atom is -0.376 e. The third kappa shape index (κ3) is 6.78. The van der Waals surface area contributed by atoms with Gasteiger partial charge in [0.05, 0.1) is 6.54 Å². The summed E-state index contributed by atoms with van der Waals surface area (Å²) >= 11 is 11.0. The van der Waals surface area contributed by atoms with Crippen molar-refractivity contribution in [2.24, 2.45) is 0 Å². The lowest BCUT2D eigenvalue weighted by Crippen LogP contribution is -2.48. The van der Waals surface area contributed by atoms with Gasteiger partial charge in [-0.15, -0.1) is 0 Å². The van der Waals surface area contributed by atoms with Crippen LogP contribution in [0.3, 0.4) is 0 Å².